The van der Waals surface area contributed by atoms with Gasteiger partial charge in [-0.2, -0.15) is 4.98 Å². The lowest BCUT2D eigenvalue weighted by Crippen LogP contribution is -2.15. The van der Waals surface area contributed by atoms with Crippen LogP contribution in [0.25, 0.3) is 0 Å². The number of nitrogen functional groups attached to an aromatic ring is 1. The molecule has 1 aromatic carbocycles. The van der Waals surface area contributed by atoms with E-state index in [4.69, 9.17) is 5.73 Å². The number of hydrogen-bond acceptors (Lipinski definition) is 4. The second kappa shape index (κ2) is 4.87. The molecule has 0 saturated heterocycles. The predicted octanol–water partition coefficient (Wildman–Crippen LogP) is 1.76. The lowest BCUT2D eigenvalue weighted by molar-refractivity contribution is 0.101. The predicted molar refractivity (Wildman–Crippen MR) is 69.3 cm³/mol. The van der Waals surface area contributed by atoms with Gasteiger partial charge in [0.1, 0.15) is 0 Å². The maximum Gasteiger partial charge on any atom is 0.293 e. The Morgan fingerprint density at radius 3 is 2.72 bits per heavy atom. The van der Waals surface area contributed by atoms with E-state index in [1.165, 1.54) is 0 Å². The van der Waals surface area contributed by atoms with Gasteiger partial charge in [-0.05, 0) is 17.5 Å². The van der Waals surface area contributed by atoms with E-state index in [0.29, 0.717) is 5.92 Å². The number of benzene rings is 1. The van der Waals surface area contributed by atoms with Gasteiger partial charge < -0.3 is 11.1 Å². The standard InChI is InChI=1S/C12H15N5O/c1-7(2)8-5-3-4-6-9(8)14-11(18)10-15-12(13)17-16-10/h3-7H,1-2H3,(H,14,18)(H3,13,15,16,17). The Labute approximate surface area is 105 Å². The number of nitrogens with zero attached hydrogens (tertiary/aromatic N) is 2. The van der Waals surface area contributed by atoms with E-state index in [9.17, 15) is 4.79 Å². The van der Waals surface area contributed by atoms with Crippen LogP contribution in [0.2, 0.25) is 0 Å². The molecule has 0 fully saturated rings. The smallest absolute Gasteiger partial charge is 0.293 e. The zero-order chi connectivity index (χ0) is 13.1. The summed E-state index contributed by atoms with van der Waals surface area (Å²) in [6.45, 7) is 4.13. The Bertz CT molecular complexity index is 561. The van der Waals surface area contributed by atoms with Crippen LogP contribution in [0.5, 0.6) is 0 Å². The van der Waals surface area contributed by atoms with Crippen molar-refractivity contribution in [3.8, 4) is 0 Å². The lowest BCUT2D eigenvalue weighted by Gasteiger charge is -2.12. The summed E-state index contributed by atoms with van der Waals surface area (Å²) < 4.78 is 0. The molecule has 0 radical (unpaired) electrons. The molecule has 0 unspecified atom stereocenters. The van der Waals surface area contributed by atoms with Crippen molar-refractivity contribution >= 4 is 17.5 Å². The van der Waals surface area contributed by atoms with Crippen LogP contribution in [-0.2, 0) is 0 Å². The van der Waals surface area contributed by atoms with Crippen molar-refractivity contribution in [3.05, 3.63) is 35.7 Å². The van der Waals surface area contributed by atoms with Crippen LogP contribution in [0.3, 0.4) is 0 Å². The van der Waals surface area contributed by atoms with Crippen LogP contribution >= 0.6 is 0 Å². The van der Waals surface area contributed by atoms with Gasteiger partial charge in [0.05, 0.1) is 0 Å². The van der Waals surface area contributed by atoms with Crippen LogP contribution in [0, 0.1) is 0 Å². The zero-order valence-electron chi connectivity index (χ0n) is 10.3. The maximum absolute atomic E-state index is 11.9. The summed E-state index contributed by atoms with van der Waals surface area (Å²) in [6, 6.07) is 7.65. The minimum Gasteiger partial charge on any atom is -0.366 e. The fourth-order valence-electron chi connectivity index (χ4n) is 1.67. The molecular formula is C12H15N5O. The number of aromatic nitrogens is 3. The molecule has 0 atom stereocenters. The molecule has 1 heterocycles. The fourth-order valence-corrected chi connectivity index (χ4v) is 1.67. The molecule has 4 N–H and O–H groups in total. The molecular weight excluding hydrogens is 230 g/mol. The number of hydrogen-bond donors (Lipinski definition) is 3. The van der Waals surface area contributed by atoms with E-state index < -0.39 is 0 Å². The number of rotatable bonds is 3. The second-order valence-electron chi connectivity index (χ2n) is 4.24. The molecule has 1 aromatic heterocycles. The normalized spacial score (nSPS) is 10.6. The molecule has 0 bridgehead atoms. The SMILES string of the molecule is CC(C)c1ccccc1NC(=O)c1nc(N)n[nH]1. The van der Waals surface area contributed by atoms with Crippen LogP contribution < -0.4 is 11.1 Å². The van der Waals surface area contributed by atoms with Crippen molar-refractivity contribution in [2.75, 3.05) is 11.1 Å². The highest BCUT2D eigenvalue weighted by atomic mass is 16.2. The van der Waals surface area contributed by atoms with Gasteiger partial charge in [0.15, 0.2) is 0 Å². The summed E-state index contributed by atoms with van der Waals surface area (Å²) in [5.74, 6) is 0.122. The van der Waals surface area contributed by atoms with Gasteiger partial charge in [0, 0.05) is 5.69 Å². The van der Waals surface area contributed by atoms with E-state index in [0.717, 1.165) is 11.3 Å². The number of para-hydroxylation sites is 1. The third kappa shape index (κ3) is 2.48. The molecule has 18 heavy (non-hydrogen) atoms. The molecule has 0 aliphatic heterocycles. The molecule has 0 aliphatic carbocycles. The van der Waals surface area contributed by atoms with Gasteiger partial charge in [-0.1, -0.05) is 32.0 Å². The van der Waals surface area contributed by atoms with E-state index >= 15 is 0 Å². The summed E-state index contributed by atoms with van der Waals surface area (Å²) in [5, 5.41) is 8.89. The van der Waals surface area contributed by atoms with Gasteiger partial charge in [0.2, 0.25) is 11.8 Å². The van der Waals surface area contributed by atoms with Crippen molar-refractivity contribution in [1.82, 2.24) is 15.2 Å². The molecule has 0 saturated carbocycles. The monoisotopic (exact) mass is 245 g/mol. The third-order valence-corrected chi connectivity index (χ3v) is 2.55. The van der Waals surface area contributed by atoms with E-state index in [2.05, 4.69) is 34.3 Å². The van der Waals surface area contributed by atoms with E-state index in [1.807, 2.05) is 24.3 Å². The molecule has 1 amide bonds. The molecule has 2 aromatic rings. The molecule has 2 rings (SSSR count). The Hall–Kier alpha value is -2.37. The summed E-state index contributed by atoms with van der Waals surface area (Å²) in [5.41, 5.74) is 7.19. The minimum atomic E-state index is -0.354. The largest absolute Gasteiger partial charge is 0.366 e. The number of nitrogens with two attached hydrogens (primary N) is 1. The first-order valence-electron chi connectivity index (χ1n) is 5.66. The minimum absolute atomic E-state index is 0.0531. The highest BCUT2D eigenvalue weighted by Crippen LogP contribution is 2.23. The number of aromatic amines is 1. The fraction of sp³-hybridized carbons (Fsp3) is 0.250. The number of amides is 1. The summed E-state index contributed by atoms with van der Waals surface area (Å²) in [4.78, 5) is 15.7. The summed E-state index contributed by atoms with van der Waals surface area (Å²) in [6.07, 6.45) is 0. The second-order valence-corrected chi connectivity index (χ2v) is 4.24. The topological polar surface area (TPSA) is 96.7 Å². The average Bonchev–Trinajstić information content (AvgIpc) is 2.76. The van der Waals surface area contributed by atoms with Gasteiger partial charge in [-0.15, -0.1) is 5.10 Å². The molecule has 6 heteroatoms. The van der Waals surface area contributed by atoms with Crippen molar-refractivity contribution in [3.63, 3.8) is 0 Å². The van der Waals surface area contributed by atoms with Crippen LogP contribution in [0.15, 0.2) is 24.3 Å². The van der Waals surface area contributed by atoms with Crippen LogP contribution in [0.1, 0.15) is 35.9 Å². The molecule has 94 valence electrons. The van der Waals surface area contributed by atoms with Crippen LogP contribution in [0.4, 0.5) is 11.6 Å². The highest BCUT2D eigenvalue weighted by Gasteiger charge is 2.13. The average molecular weight is 245 g/mol. The number of H-pyrrole nitrogens is 1. The molecule has 0 aliphatic rings. The Balaban J connectivity index is 2.22. The third-order valence-electron chi connectivity index (χ3n) is 2.55. The summed E-state index contributed by atoms with van der Waals surface area (Å²) in [7, 11) is 0. The van der Waals surface area contributed by atoms with Crippen molar-refractivity contribution in [2.24, 2.45) is 0 Å². The van der Waals surface area contributed by atoms with Crippen molar-refractivity contribution < 1.29 is 4.79 Å². The van der Waals surface area contributed by atoms with Gasteiger partial charge in [-0.3, -0.25) is 9.89 Å². The van der Waals surface area contributed by atoms with E-state index in [1.54, 1.807) is 0 Å². The highest BCUT2D eigenvalue weighted by molar-refractivity contribution is 6.02. The first-order valence-corrected chi connectivity index (χ1v) is 5.66. The first kappa shape index (κ1) is 12.1. The molecule has 0 spiro atoms. The zero-order valence-corrected chi connectivity index (χ0v) is 10.3. The van der Waals surface area contributed by atoms with Gasteiger partial charge in [0.25, 0.3) is 5.91 Å². The number of carbonyl (C=O) groups excluding carboxylic acids is 1. The first-order chi connectivity index (χ1) is 8.58. The lowest BCUT2D eigenvalue weighted by atomic mass is 10.0. The quantitative estimate of drug-likeness (QED) is 0.767. The molecule has 6 nitrogen and oxygen atoms in total. The van der Waals surface area contributed by atoms with Crippen molar-refractivity contribution in [1.29, 1.82) is 0 Å². The Morgan fingerprint density at radius 1 is 1.39 bits per heavy atom. The Kier molecular flexibility index (Phi) is 3.27. The number of carbonyl (C=O) groups is 1. The van der Waals surface area contributed by atoms with Gasteiger partial charge >= 0.3 is 0 Å². The van der Waals surface area contributed by atoms with E-state index in [-0.39, 0.29) is 17.7 Å². The Morgan fingerprint density at radius 2 is 2.11 bits per heavy atom. The van der Waals surface area contributed by atoms with Crippen molar-refractivity contribution in [2.45, 2.75) is 19.8 Å². The van der Waals surface area contributed by atoms with Crippen LogP contribution in [-0.4, -0.2) is 21.1 Å². The number of anilines is 2. The maximum atomic E-state index is 11.9. The number of nitrogens with one attached hydrogen (secondary N) is 2. The van der Waals surface area contributed by atoms with Gasteiger partial charge in [-0.25, -0.2) is 0 Å². The summed E-state index contributed by atoms with van der Waals surface area (Å²) >= 11 is 0.